The Bertz CT molecular complexity index is 894. The molecule has 1 aromatic carbocycles. The molecule has 1 heterocycles. The Morgan fingerprint density at radius 2 is 1.72 bits per heavy atom. The van der Waals surface area contributed by atoms with Crippen LogP contribution >= 0.6 is 0 Å². The number of aromatic nitrogens is 3. The fourth-order valence-electron chi connectivity index (χ4n) is 1.45. The minimum absolute atomic E-state index is 0.302. The SMILES string of the molecule is CC[n+]1cnn(-c2ccccc2)c1.CS(=O)(=O)NS(=O)(=O)C(F)(F)F. The number of halogens is 3. The van der Waals surface area contributed by atoms with Crippen LogP contribution in [0.2, 0.25) is 0 Å². The lowest BCUT2D eigenvalue weighted by atomic mass is 10.3. The summed E-state index contributed by atoms with van der Waals surface area (Å²) in [5.74, 6) is 0. The molecule has 0 aliphatic heterocycles. The van der Waals surface area contributed by atoms with Crippen LogP contribution in [0.4, 0.5) is 13.2 Å². The zero-order valence-electron chi connectivity index (χ0n) is 13.2. The number of hydrogen-bond donors (Lipinski definition) is 1. The maximum atomic E-state index is 11.4. The molecule has 0 unspecified atom stereocenters. The highest BCUT2D eigenvalue weighted by atomic mass is 32.3. The van der Waals surface area contributed by atoms with Crippen LogP contribution in [-0.2, 0) is 26.6 Å². The van der Waals surface area contributed by atoms with Gasteiger partial charge in [-0.2, -0.15) is 13.2 Å². The predicted molar refractivity (Wildman–Crippen MR) is 82.4 cm³/mol. The molecule has 2 rings (SSSR count). The van der Waals surface area contributed by atoms with Crippen LogP contribution in [0.25, 0.3) is 5.69 Å². The Labute approximate surface area is 143 Å². The monoisotopic (exact) mass is 401 g/mol. The van der Waals surface area contributed by atoms with Gasteiger partial charge in [0.1, 0.15) is 5.69 Å². The first-order chi connectivity index (χ1) is 11.4. The van der Waals surface area contributed by atoms with E-state index >= 15 is 0 Å². The number of benzene rings is 1. The maximum absolute atomic E-state index is 11.4. The smallest absolute Gasteiger partial charge is 0.237 e. The number of alkyl halides is 3. The Hall–Kier alpha value is -1.99. The van der Waals surface area contributed by atoms with Gasteiger partial charge in [-0.15, -0.1) is 4.13 Å². The number of hydrogen-bond acceptors (Lipinski definition) is 5. The quantitative estimate of drug-likeness (QED) is 0.755. The molecule has 0 spiro atoms. The molecule has 1 N–H and O–H groups in total. The van der Waals surface area contributed by atoms with Gasteiger partial charge in [-0.3, -0.25) is 0 Å². The molecule has 0 aliphatic rings. The van der Waals surface area contributed by atoms with Crippen LogP contribution in [0.3, 0.4) is 0 Å². The van der Waals surface area contributed by atoms with E-state index in [1.54, 1.807) is 0 Å². The number of aryl methyl sites for hydroxylation is 1. The van der Waals surface area contributed by atoms with Gasteiger partial charge in [-0.1, -0.05) is 22.9 Å². The Balaban J connectivity index is 0.000000252. The van der Waals surface area contributed by atoms with E-state index in [9.17, 15) is 30.0 Å². The van der Waals surface area contributed by atoms with Crippen molar-refractivity contribution in [3.05, 3.63) is 43.0 Å². The standard InChI is InChI=1S/C10H12N3.C2H4F3NO4S2/c1-2-12-8-11-13(9-12)10-6-4-3-5-7-10;1-11(7,8)6-12(9,10)2(3,4)5/h3-9H,2H2,1H3;6H,1H3/q+1;. The fraction of sp³-hybridized carbons (Fsp3) is 0.333. The van der Waals surface area contributed by atoms with Gasteiger partial charge in [0.15, 0.2) is 0 Å². The van der Waals surface area contributed by atoms with Crippen molar-refractivity contribution in [2.75, 3.05) is 6.26 Å². The molecular formula is C12H16F3N4O4S2+. The van der Waals surface area contributed by atoms with Gasteiger partial charge in [0.25, 0.3) is 6.33 Å². The lowest BCUT2D eigenvalue weighted by Crippen LogP contribution is -2.39. The maximum Gasteiger partial charge on any atom is 0.512 e. The molecule has 25 heavy (non-hydrogen) atoms. The summed E-state index contributed by atoms with van der Waals surface area (Å²) in [6, 6.07) is 10.1. The summed E-state index contributed by atoms with van der Waals surface area (Å²) in [7, 11) is -10.2. The van der Waals surface area contributed by atoms with Crippen LogP contribution in [-0.4, -0.2) is 38.4 Å². The molecule has 0 saturated heterocycles. The van der Waals surface area contributed by atoms with Crippen molar-refractivity contribution in [1.82, 2.24) is 13.9 Å². The number of sulfonamides is 2. The summed E-state index contributed by atoms with van der Waals surface area (Å²) in [6.07, 6.45) is 4.11. The summed E-state index contributed by atoms with van der Waals surface area (Å²) in [4.78, 5) is 0. The third kappa shape index (κ3) is 6.80. The average molecular weight is 401 g/mol. The van der Waals surface area contributed by atoms with E-state index in [0.29, 0.717) is 10.4 Å². The predicted octanol–water partition coefficient (Wildman–Crippen LogP) is 0.565. The Morgan fingerprint density at radius 1 is 1.16 bits per heavy atom. The number of para-hydroxylation sites is 1. The molecule has 0 amide bonds. The van der Waals surface area contributed by atoms with E-state index in [1.165, 1.54) is 0 Å². The second kappa shape index (κ2) is 7.93. The molecule has 140 valence electrons. The van der Waals surface area contributed by atoms with Crippen molar-refractivity contribution in [3.8, 4) is 5.69 Å². The molecule has 1 aromatic heterocycles. The van der Waals surface area contributed by atoms with E-state index in [2.05, 4.69) is 12.0 Å². The minimum Gasteiger partial charge on any atom is -0.237 e. The Kier molecular flexibility index (Phi) is 6.68. The summed E-state index contributed by atoms with van der Waals surface area (Å²) in [5, 5.41) is 4.24. The molecule has 0 bridgehead atoms. The Morgan fingerprint density at radius 3 is 2.08 bits per heavy atom. The van der Waals surface area contributed by atoms with Gasteiger partial charge in [-0.25, -0.2) is 21.4 Å². The second-order valence-electron chi connectivity index (χ2n) is 4.66. The zero-order valence-corrected chi connectivity index (χ0v) is 14.8. The molecule has 2 aromatic rings. The summed E-state index contributed by atoms with van der Waals surface area (Å²) >= 11 is 0. The lowest BCUT2D eigenvalue weighted by Gasteiger charge is -2.06. The average Bonchev–Trinajstić information content (AvgIpc) is 2.94. The van der Waals surface area contributed by atoms with Gasteiger partial charge in [0, 0.05) is 5.10 Å². The molecular weight excluding hydrogens is 385 g/mol. The first-order valence-electron chi connectivity index (χ1n) is 6.64. The van der Waals surface area contributed by atoms with Gasteiger partial charge >= 0.3 is 15.5 Å². The van der Waals surface area contributed by atoms with Gasteiger partial charge in [0.05, 0.1) is 12.8 Å². The number of rotatable bonds is 4. The van der Waals surface area contributed by atoms with E-state index in [-0.39, 0.29) is 0 Å². The highest BCUT2D eigenvalue weighted by Gasteiger charge is 2.47. The van der Waals surface area contributed by atoms with E-state index in [0.717, 1.165) is 12.2 Å². The van der Waals surface area contributed by atoms with Crippen LogP contribution in [0.1, 0.15) is 6.92 Å². The lowest BCUT2D eigenvalue weighted by molar-refractivity contribution is -0.694. The summed E-state index contributed by atoms with van der Waals surface area (Å²) < 4.78 is 79.0. The topological polar surface area (TPSA) is 102 Å². The molecule has 13 heteroatoms. The van der Waals surface area contributed by atoms with E-state index in [1.807, 2.05) is 52.2 Å². The van der Waals surface area contributed by atoms with Crippen LogP contribution in [0.5, 0.6) is 0 Å². The van der Waals surface area contributed by atoms with Crippen molar-refractivity contribution < 1.29 is 34.6 Å². The molecule has 0 radical (unpaired) electrons. The van der Waals surface area contributed by atoms with Crippen LogP contribution in [0, 0.1) is 0 Å². The molecule has 0 fully saturated rings. The van der Waals surface area contributed by atoms with Crippen molar-refractivity contribution in [1.29, 1.82) is 0 Å². The van der Waals surface area contributed by atoms with E-state index < -0.39 is 25.6 Å². The highest BCUT2D eigenvalue weighted by Crippen LogP contribution is 2.21. The first-order valence-corrected chi connectivity index (χ1v) is 10.0. The normalized spacial score (nSPS) is 12.4. The van der Waals surface area contributed by atoms with Crippen molar-refractivity contribution in [2.45, 2.75) is 19.0 Å². The van der Waals surface area contributed by atoms with E-state index in [4.69, 9.17) is 0 Å². The zero-order chi connectivity index (χ0) is 19.3. The fourth-order valence-corrected chi connectivity index (χ4v) is 3.42. The van der Waals surface area contributed by atoms with Gasteiger partial charge < -0.3 is 0 Å². The number of nitrogens with one attached hydrogen (secondary N) is 1. The molecule has 0 aliphatic carbocycles. The first kappa shape index (κ1) is 21.1. The van der Waals surface area contributed by atoms with Gasteiger partial charge in [0.2, 0.25) is 16.4 Å². The highest BCUT2D eigenvalue weighted by molar-refractivity contribution is 8.04. The van der Waals surface area contributed by atoms with Crippen LogP contribution in [0.15, 0.2) is 43.0 Å². The third-order valence-corrected chi connectivity index (χ3v) is 5.23. The van der Waals surface area contributed by atoms with Crippen LogP contribution < -0.4 is 8.69 Å². The van der Waals surface area contributed by atoms with Gasteiger partial charge in [-0.05, 0) is 19.1 Å². The number of nitrogens with zero attached hydrogens (tertiary/aromatic N) is 3. The van der Waals surface area contributed by atoms with Crippen molar-refractivity contribution in [2.24, 2.45) is 0 Å². The molecule has 8 nitrogen and oxygen atoms in total. The molecule has 0 atom stereocenters. The van der Waals surface area contributed by atoms with Crippen molar-refractivity contribution in [3.63, 3.8) is 0 Å². The van der Waals surface area contributed by atoms with Crippen molar-refractivity contribution >= 4 is 20.0 Å². The minimum atomic E-state index is -5.79. The summed E-state index contributed by atoms with van der Waals surface area (Å²) in [5.41, 5.74) is -4.52. The molecule has 0 saturated carbocycles. The second-order valence-corrected chi connectivity index (χ2v) is 8.34. The summed E-state index contributed by atoms with van der Waals surface area (Å²) in [6.45, 7) is 3.05. The third-order valence-electron chi connectivity index (χ3n) is 2.53. The largest absolute Gasteiger partial charge is 0.512 e.